The average molecular weight is 319 g/mol. The van der Waals surface area contributed by atoms with Crippen molar-refractivity contribution in [1.82, 2.24) is 0 Å². The van der Waals surface area contributed by atoms with Crippen LogP contribution in [0.4, 0.5) is 0 Å². The molecular weight excluding hydrogens is 284 g/mol. The van der Waals surface area contributed by atoms with Crippen molar-refractivity contribution < 1.29 is 9.53 Å². The number of unbranched alkanes of at least 4 members (excludes halogenated alkanes) is 9. The van der Waals surface area contributed by atoms with Crippen LogP contribution < -0.4 is 0 Å². The summed E-state index contributed by atoms with van der Waals surface area (Å²) in [6.45, 7) is 6.15. The first-order valence-electron chi connectivity index (χ1n) is 9.10. The van der Waals surface area contributed by atoms with Crippen LogP contribution in [0.3, 0.4) is 0 Å². The third-order valence-corrected chi connectivity index (χ3v) is 3.58. The van der Waals surface area contributed by atoms with E-state index in [1.165, 1.54) is 63.9 Å². The van der Waals surface area contributed by atoms with Crippen molar-refractivity contribution >= 4 is 5.97 Å². The van der Waals surface area contributed by atoms with Gasteiger partial charge in [0.1, 0.15) is 0 Å². The van der Waals surface area contributed by atoms with Gasteiger partial charge in [-0.2, -0.15) is 0 Å². The monoisotopic (exact) mass is 318 g/mol. The minimum Gasteiger partial charge on any atom is -0.463 e. The maximum absolute atomic E-state index is 10.7. The van der Waals surface area contributed by atoms with E-state index in [1.807, 2.05) is 36.4 Å². The van der Waals surface area contributed by atoms with Crippen LogP contribution in [0.15, 0.2) is 49.1 Å². The van der Waals surface area contributed by atoms with Gasteiger partial charge in [0.2, 0.25) is 0 Å². The smallest absolute Gasteiger partial charge is 0.330 e. The molecule has 0 aliphatic heterocycles. The number of benzene rings is 1. The highest BCUT2D eigenvalue weighted by Gasteiger charge is 1.95. The first-order chi connectivity index (χ1) is 11.3. The Bertz CT molecular complexity index is 333. The minimum atomic E-state index is -0.305. The van der Waals surface area contributed by atoms with Crippen molar-refractivity contribution in [3.63, 3.8) is 0 Å². The molecule has 0 amide bonds. The highest BCUT2D eigenvalue weighted by Crippen LogP contribution is 2.10. The molecule has 0 bridgehead atoms. The van der Waals surface area contributed by atoms with Gasteiger partial charge in [0, 0.05) is 6.08 Å². The lowest BCUT2D eigenvalue weighted by Gasteiger charge is -2.03. The molecule has 0 aliphatic rings. The molecule has 1 aromatic carbocycles. The van der Waals surface area contributed by atoms with Gasteiger partial charge < -0.3 is 4.74 Å². The lowest BCUT2D eigenvalue weighted by atomic mass is 10.1. The molecule has 0 N–H and O–H groups in total. The molecule has 0 spiro atoms. The van der Waals surface area contributed by atoms with E-state index in [9.17, 15) is 4.79 Å². The Labute approximate surface area is 142 Å². The largest absolute Gasteiger partial charge is 0.463 e. The number of carbonyl (C=O) groups is 1. The van der Waals surface area contributed by atoms with E-state index >= 15 is 0 Å². The SMILES string of the molecule is C=CC(=O)OCCCCCCCCCCCC.c1ccccc1. The van der Waals surface area contributed by atoms with Crippen LogP contribution in [0.1, 0.15) is 71.1 Å². The fourth-order valence-electron chi connectivity index (χ4n) is 2.21. The molecule has 2 nitrogen and oxygen atoms in total. The summed E-state index contributed by atoms with van der Waals surface area (Å²) in [5, 5.41) is 0. The van der Waals surface area contributed by atoms with Crippen molar-refractivity contribution in [3.05, 3.63) is 49.1 Å². The van der Waals surface area contributed by atoms with Crippen molar-refractivity contribution in [1.29, 1.82) is 0 Å². The van der Waals surface area contributed by atoms with Crippen molar-refractivity contribution in [2.24, 2.45) is 0 Å². The summed E-state index contributed by atoms with van der Waals surface area (Å²) < 4.78 is 4.91. The van der Waals surface area contributed by atoms with Crippen molar-refractivity contribution in [2.45, 2.75) is 71.1 Å². The first kappa shape index (κ1) is 21.4. The summed E-state index contributed by atoms with van der Waals surface area (Å²) in [4.78, 5) is 10.7. The van der Waals surface area contributed by atoms with Crippen molar-refractivity contribution in [2.75, 3.05) is 6.61 Å². The Morgan fingerprint density at radius 3 is 1.57 bits per heavy atom. The fraction of sp³-hybridized carbons (Fsp3) is 0.571. The lowest BCUT2D eigenvalue weighted by Crippen LogP contribution is -2.01. The zero-order valence-electron chi connectivity index (χ0n) is 14.8. The van der Waals surface area contributed by atoms with Gasteiger partial charge in [-0.25, -0.2) is 4.79 Å². The van der Waals surface area contributed by atoms with Gasteiger partial charge in [-0.1, -0.05) is 108 Å². The van der Waals surface area contributed by atoms with E-state index in [-0.39, 0.29) is 5.97 Å². The maximum Gasteiger partial charge on any atom is 0.330 e. The topological polar surface area (TPSA) is 26.3 Å². The number of esters is 1. The summed E-state index contributed by atoms with van der Waals surface area (Å²) in [6.07, 6.45) is 14.2. The second kappa shape index (κ2) is 18.5. The van der Waals surface area contributed by atoms with E-state index < -0.39 is 0 Å². The van der Waals surface area contributed by atoms with Gasteiger partial charge in [-0.05, 0) is 6.42 Å². The van der Waals surface area contributed by atoms with E-state index in [0.29, 0.717) is 6.61 Å². The number of rotatable bonds is 12. The maximum atomic E-state index is 10.7. The quantitative estimate of drug-likeness (QED) is 0.256. The van der Waals surface area contributed by atoms with Gasteiger partial charge in [-0.15, -0.1) is 0 Å². The molecular formula is C21H34O2. The Kier molecular flexibility index (Phi) is 17.2. The molecule has 0 heterocycles. The first-order valence-corrected chi connectivity index (χ1v) is 9.10. The summed E-state index contributed by atoms with van der Waals surface area (Å²) in [5.41, 5.74) is 0. The molecule has 0 saturated carbocycles. The predicted octanol–water partition coefficient (Wildman–Crippen LogP) is 6.32. The second-order valence-corrected chi connectivity index (χ2v) is 5.71. The van der Waals surface area contributed by atoms with Crippen LogP contribution >= 0.6 is 0 Å². The predicted molar refractivity (Wildman–Crippen MR) is 99.4 cm³/mol. The third kappa shape index (κ3) is 18.4. The molecule has 1 aromatic rings. The van der Waals surface area contributed by atoms with Gasteiger partial charge in [-0.3, -0.25) is 0 Å². The normalized spacial score (nSPS) is 9.61. The molecule has 0 aromatic heterocycles. The van der Waals surface area contributed by atoms with E-state index in [4.69, 9.17) is 4.74 Å². The molecule has 0 atom stereocenters. The Morgan fingerprint density at radius 1 is 0.783 bits per heavy atom. The summed E-state index contributed by atoms with van der Waals surface area (Å²) in [6, 6.07) is 12.0. The third-order valence-electron chi connectivity index (χ3n) is 3.58. The van der Waals surface area contributed by atoms with Crippen LogP contribution in [-0.2, 0) is 9.53 Å². The van der Waals surface area contributed by atoms with Crippen LogP contribution in [0.2, 0.25) is 0 Å². The Hall–Kier alpha value is -1.57. The van der Waals surface area contributed by atoms with Crippen molar-refractivity contribution in [3.8, 4) is 0 Å². The zero-order valence-corrected chi connectivity index (χ0v) is 14.8. The Morgan fingerprint density at radius 2 is 1.17 bits per heavy atom. The molecule has 0 aliphatic carbocycles. The highest BCUT2D eigenvalue weighted by atomic mass is 16.5. The van der Waals surface area contributed by atoms with E-state index in [0.717, 1.165) is 6.42 Å². The van der Waals surface area contributed by atoms with Crippen LogP contribution in [-0.4, -0.2) is 12.6 Å². The van der Waals surface area contributed by atoms with Gasteiger partial charge >= 0.3 is 5.97 Å². The van der Waals surface area contributed by atoms with E-state index in [1.54, 1.807) is 0 Å². The summed E-state index contributed by atoms with van der Waals surface area (Å²) in [5.74, 6) is -0.305. The molecule has 23 heavy (non-hydrogen) atoms. The number of hydrogen-bond acceptors (Lipinski definition) is 2. The number of ether oxygens (including phenoxy) is 1. The second-order valence-electron chi connectivity index (χ2n) is 5.71. The fourth-order valence-corrected chi connectivity index (χ4v) is 2.21. The molecule has 130 valence electrons. The lowest BCUT2D eigenvalue weighted by molar-refractivity contribution is -0.137. The van der Waals surface area contributed by atoms with Gasteiger partial charge in [0.15, 0.2) is 0 Å². The van der Waals surface area contributed by atoms with Gasteiger partial charge in [0.05, 0.1) is 6.61 Å². The molecule has 0 fully saturated rings. The van der Waals surface area contributed by atoms with Crippen LogP contribution in [0, 0.1) is 0 Å². The van der Waals surface area contributed by atoms with Gasteiger partial charge in [0.25, 0.3) is 0 Å². The number of carbonyl (C=O) groups excluding carboxylic acids is 1. The zero-order chi connectivity index (χ0) is 17.0. The molecule has 0 saturated heterocycles. The summed E-state index contributed by atoms with van der Waals surface area (Å²) in [7, 11) is 0. The van der Waals surface area contributed by atoms with Crippen LogP contribution in [0.25, 0.3) is 0 Å². The van der Waals surface area contributed by atoms with E-state index in [2.05, 4.69) is 13.5 Å². The Balaban J connectivity index is 0.000000664. The molecule has 0 unspecified atom stereocenters. The average Bonchev–Trinajstić information content (AvgIpc) is 2.61. The summed E-state index contributed by atoms with van der Waals surface area (Å²) >= 11 is 0. The molecule has 0 radical (unpaired) electrons. The molecule has 1 rings (SSSR count). The molecule has 2 heteroatoms. The highest BCUT2D eigenvalue weighted by molar-refractivity contribution is 5.81. The number of hydrogen-bond donors (Lipinski definition) is 0. The minimum absolute atomic E-state index is 0.305. The standard InChI is InChI=1S/C15H28O2.C6H6/c1-3-5-6-7-8-9-10-11-12-13-14-17-15(16)4-2;1-2-4-6-5-3-1/h4H,2-3,5-14H2,1H3;1-6H. The van der Waals surface area contributed by atoms with Crippen LogP contribution in [0.5, 0.6) is 0 Å².